The first-order valence-electron chi connectivity index (χ1n) is 6.91. The van der Waals surface area contributed by atoms with Crippen LogP contribution in [0.4, 0.5) is 5.69 Å². The summed E-state index contributed by atoms with van der Waals surface area (Å²) in [7, 11) is -4.60. The molecule has 0 fully saturated rings. The Kier molecular flexibility index (Phi) is 4.49. The second-order valence-electron chi connectivity index (χ2n) is 5.21. The molecule has 23 heavy (non-hydrogen) atoms. The van der Waals surface area contributed by atoms with Gasteiger partial charge in [-0.3, -0.25) is 13.9 Å². The van der Waals surface area contributed by atoms with Crippen LogP contribution in [0.15, 0.2) is 35.1 Å². The molecule has 1 heterocycles. The maximum atomic E-state index is 12.6. The van der Waals surface area contributed by atoms with E-state index in [1.54, 1.807) is 6.92 Å². The summed E-state index contributed by atoms with van der Waals surface area (Å²) in [5.41, 5.74) is 5.75. The fraction of sp³-hybridized carbons (Fsp3) is 0.267. The molecule has 2 rings (SSSR count). The van der Waals surface area contributed by atoms with Crippen LogP contribution in [-0.2, 0) is 16.7 Å². The molecule has 0 amide bonds. The van der Waals surface area contributed by atoms with Crippen LogP contribution >= 0.6 is 0 Å². The number of anilines is 1. The van der Waals surface area contributed by atoms with Crippen LogP contribution in [0.2, 0.25) is 0 Å². The maximum absolute atomic E-state index is 12.6. The lowest BCUT2D eigenvalue weighted by atomic mass is 10.0. The molecule has 0 radical (unpaired) electrons. The number of rotatable bonds is 4. The summed E-state index contributed by atoms with van der Waals surface area (Å²) in [5.74, 6) is -0.259. The highest BCUT2D eigenvalue weighted by Crippen LogP contribution is 2.31. The Bertz CT molecular complexity index is 885. The normalized spacial score (nSPS) is 13.0. The summed E-state index contributed by atoms with van der Waals surface area (Å²) in [4.78, 5) is 12.6. The summed E-state index contributed by atoms with van der Waals surface area (Å²) in [6.07, 6.45) is 0. The molecular weight excluding hydrogens is 320 g/mol. The van der Waals surface area contributed by atoms with Gasteiger partial charge >= 0.3 is 0 Å². The lowest BCUT2D eigenvalue weighted by Crippen LogP contribution is -2.29. The molecular formula is C15H18N2O5S. The number of aromatic nitrogens is 1. The number of nitrogens with zero attached hydrogens (tertiary/aromatic N) is 1. The quantitative estimate of drug-likeness (QED) is 0.573. The van der Waals surface area contributed by atoms with E-state index in [0.717, 1.165) is 4.57 Å². The van der Waals surface area contributed by atoms with E-state index in [0.29, 0.717) is 5.69 Å². The predicted molar refractivity (Wildman–Crippen MR) is 87.0 cm³/mol. The van der Waals surface area contributed by atoms with Crippen molar-refractivity contribution in [2.45, 2.75) is 25.6 Å². The second kappa shape index (κ2) is 6.05. The van der Waals surface area contributed by atoms with E-state index in [1.807, 2.05) is 0 Å². The van der Waals surface area contributed by atoms with Gasteiger partial charge in [0.05, 0.1) is 0 Å². The van der Waals surface area contributed by atoms with Crippen LogP contribution in [0.25, 0.3) is 0 Å². The van der Waals surface area contributed by atoms with E-state index in [1.165, 1.54) is 37.3 Å². The van der Waals surface area contributed by atoms with Gasteiger partial charge in [-0.1, -0.05) is 12.1 Å². The molecule has 0 aliphatic carbocycles. The third kappa shape index (κ3) is 3.22. The SMILES string of the molecule is CCn1c(O)cc(C)c(C(c2ccc(N)cc2)S(=O)(=O)O)c1=O. The lowest BCUT2D eigenvalue weighted by Gasteiger charge is -2.19. The third-order valence-electron chi connectivity index (χ3n) is 3.64. The molecule has 7 nitrogen and oxygen atoms in total. The van der Waals surface area contributed by atoms with Gasteiger partial charge in [0.15, 0.2) is 5.88 Å². The topological polar surface area (TPSA) is 123 Å². The predicted octanol–water partition coefficient (Wildman–Crippen LogP) is 1.44. The third-order valence-corrected chi connectivity index (χ3v) is 4.74. The van der Waals surface area contributed by atoms with Gasteiger partial charge in [0, 0.05) is 23.9 Å². The molecule has 0 bridgehead atoms. The Balaban J connectivity index is 2.82. The first-order chi connectivity index (χ1) is 10.7. The highest BCUT2D eigenvalue weighted by molar-refractivity contribution is 7.86. The fourth-order valence-corrected chi connectivity index (χ4v) is 3.64. The van der Waals surface area contributed by atoms with Crippen molar-refractivity contribution in [2.24, 2.45) is 0 Å². The Hall–Kier alpha value is -2.32. The molecule has 4 N–H and O–H groups in total. The maximum Gasteiger partial charge on any atom is 0.276 e. The number of aromatic hydroxyl groups is 1. The molecule has 1 aromatic heterocycles. The molecule has 1 atom stereocenters. The molecule has 0 saturated carbocycles. The first-order valence-corrected chi connectivity index (χ1v) is 8.42. The fourth-order valence-electron chi connectivity index (χ4n) is 2.55. The van der Waals surface area contributed by atoms with E-state index in [-0.39, 0.29) is 29.1 Å². The molecule has 0 aliphatic rings. The lowest BCUT2D eigenvalue weighted by molar-refractivity contribution is 0.408. The van der Waals surface area contributed by atoms with Crippen molar-refractivity contribution in [1.82, 2.24) is 4.57 Å². The molecule has 2 aromatic rings. The van der Waals surface area contributed by atoms with E-state index in [4.69, 9.17) is 5.73 Å². The van der Waals surface area contributed by atoms with Crippen molar-refractivity contribution < 1.29 is 18.1 Å². The van der Waals surface area contributed by atoms with Gasteiger partial charge in [-0.25, -0.2) is 0 Å². The van der Waals surface area contributed by atoms with Crippen molar-refractivity contribution in [3.63, 3.8) is 0 Å². The smallest absolute Gasteiger partial charge is 0.276 e. The van der Waals surface area contributed by atoms with Crippen LogP contribution in [0, 0.1) is 6.92 Å². The molecule has 0 saturated heterocycles. The number of benzene rings is 1. The summed E-state index contributed by atoms with van der Waals surface area (Å²) in [6.45, 7) is 3.32. The van der Waals surface area contributed by atoms with E-state index >= 15 is 0 Å². The number of nitrogen functional groups attached to an aromatic ring is 1. The summed E-state index contributed by atoms with van der Waals surface area (Å²) in [5, 5.41) is 8.28. The zero-order valence-electron chi connectivity index (χ0n) is 12.7. The van der Waals surface area contributed by atoms with Crippen LogP contribution in [0.1, 0.15) is 28.9 Å². The van der Waals surface area contributed by atoms with Gasteiger partial charge in [0.25, 0.3) is 15.7 Å². The number of aryl methyl sites for hydroxylation is 1. The first kappa shape index (κ1) is 17.0. The minimum Gasteiger partial charge on any atom is -0.494 e. The van der Waals surface area contributed by atoms with Crippen molar-refractivity contribution in [3.8, 4) is 5.88 Å². The van der Waals surface area contributed by atoms with Crippen LogP contribution in [-0.4, -0.2) is 22.6 Å². The Morgan fingerprint density at radius 3 is 2.30 bits per heavy atom. The molecule has 1 aromatic carbocycles. The van der Waals surface area contributed by atoms with E-state index in [9.17, 15) is 22.9 Å². The molecule has 1 unspecified atom stereocenters. The van der Waals surface area contributed by atoms with Crippen molar-refractivity contribution >= 4 is 15.8 Å². The minimum absolute atomic E-state index is 0.100. The summed E-state index contributed by atoms with van der Waals surface area (Å²) < 4.78 is 34.5. The average molecular weight is 338 g/mol. The molecule has 8 heteroatoms. The Morgan fingerprint density at radius 1 is 1.26 bits per heavy atom. The van der Waals surface area contributed by atoms with Crippen molar-refractivity contribution in [1.29, 1.82) is 0 Å². The van der Waals surface area contributed by atoms with Gasteiger partial charge in [0.2, 0.25) is 0 Å². The number of hydrogen-bond acceptors (Lipinski definition) is 5. The Morgan fingerprint density at radius 2 is 1.83 bits per heavy atom. The number of hydrogen-bond donors (Lipinski definition) is 3. The number of nitrogens with two attached hydrogens (primary N) is 1. The van der Waals surface area contributed by atoms with E-state index in [2.05, 4.69) is 0 Å². The summed E-state index contributed by atoms with van der Waals surface area (Å²) in [6, 6.07) is 7.16. The second-order valence-corrected chi connectivity index (χ2v) is 6.71. The summed E-state index contributed by atoms with van der Waals surface area (Å²) >= 11 is 0. The minimum atomic E-state index is -4.60. The standard InChI is InChI=1S/C15H18N2O5S/c1-3-17-12(18)8-9(2)13(15(17)19)14(23(20,21)22)10-4-6-11(16)7-5-10/h4-8,14,18H,3,16H2,1-2H3,(H,20,21,22). The zero-order valence-corrected chi connectivity index (χ0v) is 13.5. The van der Waals surface area contributed by atoms with Gasteiger partial charge in [0.1, 0.15) is 5.25 Å². The highest BCUT2D eigenvalue weighted by atomic mass is 32.2. The zero-order chi connectivity index (χ0) is 17.4. The largest absolute Gasteiger partial charge is 0.494 e. The monoisotopic (exact) mass is 338 g/mol. The highest BCUT2D eigenvalue weighted by Gasteiger charge is 2.32. The van der Waals surface area contributed by atoms with Crippen molar-refractivity contribution in [3.05, 3.63) is 57.4 Å². The van der Waals surface area contributed by atoms with E-state index < -0.39 is 20.9 Å². The van der Waals surface area contributed by atoms with Crippen LogP contribution in [0.3, 0.4) is 0 Å². The number of pyridine rings is 1. The average Bonchev–Trinajstić information content (AvgIpc) is 2.43. The molecule has 0 aliphatic heterocycles. The molecule has 0 spiro atoms. The van der Waals surface area contributed by atoms with Crippen LogP contribution in [0.5, 0.6) is 5.88 Å². The van der Waals surface area contributed by atoms with Crippen molar-refractivity contribution in [2.75, 3.05) is 5.73 Å². The molecule has 124 valence electrons. The van der Waals surface area contributed by atoms with Gasteiger partial charge in [-0.2, -0.15) is 8.42 Å². The Labute approximate surface area is 133 Å². The van der Waals surface area contributed by atoms with Gasteiger partial charge in [-0.05, 0) is 37.1 Å². The van der Waals surface area contributed by atoms with Crippen LogP contribution < -0.4 is 11.3 Å². The van der Waals surface area contributed by atoms with Gasteiger partial charge < -0.3 is 10.8 Å². The van der Waals surface area contributed by atoms with Gasteiger partial charge in [-0.15, -0.1) is 0 Å².